The third-order valence-electron chi connectivity index (χ3n) is 4.86. The normalized spacial score (nSPS) is 16.8. The van der Waals surface area contributed by atoms with Gasteiger partial charge in [-0.3, -0.25) is 19.2 Å². The molecule has 0 bridgehead atoms. The Bertz CT molecular complexity index is 943. The van der Waals surface area contributed by atoms with Crippen molar-refractivity contribution in [3.8, 4) is 0 Å². The lowest BCUT2D eigenvalue weighted by Crippen LogP contribution is -2.33. The number of amides is 3. The average molecular weight is 409 g/mol. The Morgan fingerprint density at radius 3 is 2.43 bits per heavy atom. The van der Waals surface area contributed by atoms with Crippen molar-refractivity contribution in [2.24, 2.45) is 11.7 Å². The van der Waals surface area contributed by atoms with E-state index in [1.165, 1.54) is 31.2 Å². The van der Waals surface area contributed by atoms with Crippen LogP contribution in [0.3, 0.4) is 0 Å². The Morgan fingerprint density at radius 1 is 1.13 bits per heavy atom. The summed E-state index contributed by atoms with van der Waals surface area (Å²) < 4.78 is 5.27. The summed E-state index contributed by atoms with van der Waals surface area (Å²) in [5, 5.41) is 2.61. The average Bonchev–Trinajstić information content (AvgIpc) is 3.09. The quantitative estimate of drug-likeness (QED) is 0.675. The lowest BCUT2D eigenvalue weighted by atomic mass is 10.1. The Labute approximate surface area is 174 Å². The number of nitrogens with zero attached hydrogens (tertiary/aromatic N) is 1. The number of hydrogen-bond acceptors (Lipinski definition) is 5. The molecule has 3 rings (SSSR count). The zero-order chi connectivity index (χ0) is 21.7. The van der Waals surface area contributed by atoms with Crippen LogP contribution < -0.4 is 11.1 Å². The predicted octanol–water partition coefficient (Wildman–Crippen LogP) is 1.70. The third kappa shape index (κ3) is 5.22. The molecule has 2 aromatic carbocycles. The van der Waals surface area contributed by atoms with Crippen LogP contribution in [0, 0.1) is 5.92 Å². The van der Waals surface area contributed by atoms with Gasteiger partial charge in [-0.1, -0.05) is 30.3 Å². The first-order chi connectivity index (χ1) is 14.3. The van der Waals surface area contributed by atoms with E-state index in [4.69, 9.17) is 10.5 Å². The molecule has 8 nitrogen and oxygen atoms in total. The molecule has 1 saturated heterocycles. The molecule has 1 fully saturated rings. The maximum atomic E-state index is 12.4. The highest BCUT2D eigenvalue weighted by Crippen LogP contribution is 2.22. The van der Waals surface area contributed by atoms with Gasteiger partial charge in [-0.15, -0.1) is 0 Å². The topological polar surface area (TPSA) is 119 Å². The number of nitrogens with one attached hydrogen (secondary N) is 1. The molecule has 1 heterocycles. The lowest BCUT2D eigenvalue weighted by Gasteiger charge is -2.18. The van der Waals surface area contributed by atoms with Crippen LogP contribution in [0.5, 0.6) is 0 Å². The smallest absolute Gasteiger partial charge is 0.312 e. The summed E-state index contributed by atoms with van der Waals surface area (Å²) >= 11 is 0. The molecule has 1 aliphatic rings. The van der Waals surface area contributed by atoms with E-state index in [2.05, 4.69) is 5.32 Å². The Kier molecular flexibility index (Phi) is 6.46. The summed E-state index contributed by atoms with van der Waals surface area (Å²) in [6.45, 7) is 2.15. The van der Waals surface area contributed by atoms with E-state index in [0.29, 0.717) is 17.8 Å². The van der Waals surface area contributed by atoms with Crippen molar-refractivity contribution in [2.75, 3.05) is 11.9 Å². The van der Waals surface area contributed by atoms with Gasteiger partial charge in [0.1, 0.15) is 0 Å². The molecule has 8 heteroatoms. The van der Waals surface area contributed by atoms with Gasteiger partial charge < -0.3 is 20.7 Å². The lowest BCUT2D eigenvalue weighted by molar-refractivity contribution is -0.157. The third-order valence-corrected chi connectivity index (χ3v) is 4.86. The highest BCUT2D eigenvalue weighted by molar-refractivity contribution is 5.97. The molecule has 3 N–H and O–H groups in total. The van der Waals surface area contributed by atoms with Gasteiger partial charge in [0, 0.05) is 30.8 Å². The fourth-order valence-corrected chi connectivity index (χ4v) is 3.17. The molecule has 0 unspecified atom stereocenters. The van der Waals surface area contributed by atoms with Crippen molar-refractivity contribution >= 4 is 29.4 Å². The summed E-state index contributed by atoms with van der Waals surface area (Å²) in [4.78, 5) is 49.7. The minimum absolute atomic E-state index is 0.0641. The zero-order valence-electron chi connectivity index (χ0n) is 16.5. The van der Waals surface area contributed by atoms with Crippen LogP contribution in [0.25, 0.3) is 0 Å². The number of benzene rings is 2. The van der Waals surface area contributed by atoms with E-state index < -0.39 is 29.8 Å². The van der Waals surface area contributed by atoms with E-state index in [9.17, 15) is 19.2 Å². The second-order valence-electron chi connectivity index (χ2n) is 7.17. The fourth-order valence-electron chi connectivity index (χ4n) is 3.17. The first-order valence-corrected chi connectivity index (χ1v) is 9.56. The molecule has 3 amide bonds. The largest absolute Gasteiger partial charge is 0.452 e. The Morgan fingerprint density at radius 2 is 1.80 bits per heavy atom. The van der Waals surface area contributed by atoms with Crippen molar-refractivity contribution in [3.63, 3.8) is 0 Å². The number of esters is 1. The van der Waals surface area contributed by atoms with Gasteiger partial charge in [0.2, 0.25) is 11.8 Å². The highest BCUT2D eigenvalue weighted by atomic mass is 16.5. The molecule has 0 saturated carbocycles. The fraction of sp³-hybridized carbons (Fsp3) is 0.273. The summed E-state index contributed by atoms with van der Waals surface area (Å²) in [5.41, 5.74) is 6.92. The van der Waals surface area contributed by atoms with Crippen LogP contribution in [0.15, 0.2) is 54.6 Å². The first-order valence-electron chi connectivity index (χ1n) is 9.56. The molecule has 156 valence electrons. The van der Waals surface area contributed by atoms with Crippen LogP contribution in [0.1, 0.15) is 29.3 Å². The summed E-state index contributed by atoms with van der Waals surface area (Å²) in [7, 11) is 0. The number of hydrogen-bond donors (Lipinski definition) is 2. The van der Waals surface area contributed by atoms with Crippen LogP contribution in [0.4, 0.5) is 5.69 Å². The van der Waals surface area contributed by atoms with Gasteiger partial charge in [0.25, 0.3) is 5.91 Å². The summed E-state index contributed by atoms with van der Waals surface area (Å²) in [5.74, 6) is -2.38. The molecule has 1 aliphatic heterocycles. The molecule has 30 heavy (non-hydrogen) atoms. The first kappa shape index (κ1) is 21.0. The van der Waals surface area contributed by atoms with Crippen LogP contribution in [-0.4, -0.2) is 41.2 Å². The predicted molar refractivity (Wildman–Crippen MR) is 109 cm³/mol. The molecule has 2 atom stereocenters. The molecule has 0 aliphatic carbocycles. The number of likely N-dealkylation sites (tertiary alicyclic amines) is 1. The standard InChI is InChI=1S/C22H23N3O5/c1-14(21(28)24-18-9-7-16(8-10-18)20(23)27)30-22(29)17-11-19(26)25(13-17)12-15-5-3-2-4-6-15/h2-10,14,17H,11-13H2,1H3,(H2,23,27)(H,24,28)/t14-,17+/m1/s1. The van der Waals surface area contributed by atoms with E-state index in [-0.39, 0.29) is 18.9 Å². The molecule has 0 spiro atoms. The van der Waals surface area contributed by atoms with Crippen molar-refractivity contribution in [3.05, 3.63) is 65.7 Å². The second-order valence-corrected chi connectivity index (χ2v) is 7.17. The highest BCUT2D eigenvalue weighted by Gasteiger charge is 2.36. The van der Waals surface area contributed by atoms with Crippen molar-refractivity contribution in [1.29, 1.82) is 0 Å². The summed E-state index contributed by atoms with van der Waals surface area (Å²) in [6.07, 6.45) is -0.971. The second kappa shape index (κ2) is 9.21. The number of carbonyl (C=O) groups excluding carboxylic acids is 4. The van der Waals surface area contributed by atoms with Gasteiger partial charge in [0.15, 0.2) is 6.10 Å². The molecule has 0 aromatic heterocycles. The van der Waals surface area contributed by atoms with E-state index in [1.807, 2.05) is 30.3 Å². The number of primary amides is 1. The van der Waals surface area contributed by atoms with Crippen LogP contribution >= 0.6 is 0 Å². The van der Waals surface area contributed by atoms with Gasteiger partial charge >= 0.3 is 5.97 Å². The molecular formula is C22H23N3O5. The molecule has 2 aromatic rings. The van der Waals surface area contributed by atoms with Gasteiger partial charge in [-0.25, -0.2) is 0 Å². The zero-order valence-corrected chi connectivity index (χ0v) is 16.5. The van der Waals surface area contributed by atoms with E-state index in [0.717, 1.165) is 5.56 Å². The van der Waals surface area contributed by atoms with Crippen LogP contribution in [0.2, 0.25) is 0 Å². The molecular weight excluding hydrogens is 386 g/mol. The van der Waals surface area contributed by atoms with E-state index >= 15 is 0 Å². The van der Waals surface area contributed by atoms with Crippen molar-refractivity contribution < 1.29 is 23.9 Å². The maximum Gasteiger partial charge on any atom is 0.312 e. The van der Waals surface area contributed by atoms with Gasteiger partial charge in [-0.05, 0) is 36.8 Å². The Balaban J connectivity index is 1.51. The van der Waals surface area contributed by atoms with E-state index in [1.54, 1.807) is 4.90 Å². The summed E-state index contributed by atoms with van der Waals surface area (Å²) in [6, 6.07) is 15.6. The molecule has 0 radical (unpaired) electrons. The van der Waals surface area contributed by atoms with Crippen molar-refractivity contribution in [1.82, 2.24) is 4.90 Å². The number of rotatable bonds is 7. The van der Waals surface area contributed by atoms with Gasteiger partial charge in [-0.2, -0.15) is 0 Å². The van der Waals surface area contributed by atoms with Crippen LogP contribution in [-0.2, 0) is 25.7 Å². The number of anilines is 1. The van der Waals surface area contributed by atoms with Gasteiger partial charge in [0.05, 0.1) is 5.92 Å². The minimum Gasteiger partial charge on any atom is -0.452 e. The monoisotopic (exact) mass is 409 g/mol. The number of ether oxygens (including phenoxy) is 1. The SMILES string of the molecule is C[C@@H](OC(=O)[C@H]1CC(=O)N(Cc2ccccc2)C1)C(=O)Nc1ccc(C(N)=O)cc1. The minimum atomic E-state index is -1.04. The Hall–Kier alpha value is -3.68. The van der Waals surface area contributed by atoms with Crippen molar-refractivity contribution in [2.45, 2.75) is 26.0 Å². The maximum absolute atomic E-state index is 12.4. The number of nitrogens with two attached hydrogens (primary N) is 1. The number of carbonyl (C=O) groups is 4.